The van der Waals surface area contributed by atoms with Gasteiger partial charge in [0.05, 0.1) is 10.2 Å². The second kappa shape index (κ2) is 8.46. The molecule has 1 fully saturated rings. The molecule has 1 aliphatic carbocycles. The van der Waals surface area contributed by atoms with Gasteiger partial charge in [0.1, 0.15) is 5.75 Å². The van der Waals surface area contributed by atoms with Crippen LogP contribution in [0.5, 0.6) is 5.75 Å². The largest absolute Gasteiger partial charge is 0.454 e. The van der Waals surface area contributed by atoms with E-state index in [1.165, 1.54) is 0 Å². The molecule has 3 aromatic rings. The molecule has 162 valence electrons. The van der Waals surface area contributed by atoms with Crippen molar-refractivity contribution in [3.05, 3.63) is 58.4 Å². The summed E-state index contributed by atoms with van der Waals surface area (Å²) in [6, 6.07) is 5.71. The van der Waals surface area contributed by atoms with Crippen molar-refractivity contribution < 1.29 is 26.7 Å². The highest BCUT2D eigenvalue weighted by Gasteiger charge is 2.39. The van der Waals surface area contributed by atoms with E-state index in [1.807, 2.05) is 0 Å². The normalized spacial score (nSPS) is 19.2. The lowest BCUT2D eigenvalue weighted by molar-refractivity contribution is -0.185. The molecule has 0 N–H and O–H groups in total. The van der Waals surface area contributed by atoms with Crippen LogP contribution >= 0.6 is 11.3 Å². The number of aromatic nitrogens is 1. The van der Waals surface area contributed by atoms with Crippen molar-refractivity contribution in [1.82, 2.24) is 4.98 Å². The number of hydrogen-bond acceptors (Lipinski definition) is 3. The summed E-state index contributed by atoms with van der Waals surface area (Å²) in [6.45, 7) is 2.24. The number of nitrogens with zero attached hydrogens (tertiary/aromatic N) is 1. The van der Waals surface area contributed by atoms with Crippen LogP contribution in [0.2, 0.25) is 0 Å². The van der Waals surface area contributed by atoms with Gasteiger partial charge in [-0.3, -0.25) is 0 Å². The van der Waals surface area contributed by atoms with E-state index >= 15 is 0 Å². The minimum absolute atomic E-state index is 0.330. The van der Waals surface area contributed by atoms with Crippen molar-refractivity contribution in [3.8, 4) is 17.6 Å². The van der Waals surface area contributed by atoms with Crippen molar-refractivity contribution >= 4 is 21.6 Å². The van der Waals surface area contributed by atoms with E-state index in [0.717, 1.165) is 31.6 Å². The summed E-state index contributed by atoms with van der Waals surface area (Å²) >= 11 is 0.695. The Bertz CT molecular complexity index is 1150. The fourth-order valence-electron chi connectivity index (χ4n) is 3.50. The van der Waals surface area contributed by atoms with Crippen molar-refractivity contribution in [1.29, 1.82) is 0 Å². The molecular formula is C23H18F5NOS. The first-order chi connectivity index (χ1) is 14.7. The molecule has 31 heavy (non-hydrogen) atoms. The van der Waals surface area contributed by atoms with Crippen LogP contribution in [0.4, 0.5) is 22.0 Å². The fourth-order valence-corrected chi connectivity index (χ4v) is 4.42. The van der Waals surface area contributed by atoms with Gasteiger partial charge in [0.2, 0.25) is 5.01 Å². The monoisotopic (exact) mass is 451 g/mol. The third-order valence-electron chi connectivity index (χ3n) is 5.28. The van der Waals surface area contributed by atoms with Crippen molar-refractivity contribution in [3.63, 3.8) is 0 Å². The number of rotatable bonds is 3. The number of fused-ring (bicyclic) bond motifs is 1. The Kier molecular flexibility index (Phi) is 5.89. The van der Waals surface area contributed by atoms with E-state index in [2.05, 4.69) is 28.5 Å². The van der Waals surface area contributed by atoms with E-state index in [-0.39, 0.29) is 0 Å². The molecule has 1 aliphatic rings. The van der Waals surface area contributed by atoms with Crippen molar-refractivity contribution in [2.24, 2.45) is 11.8 Å². The highest BCUT2D eigenvalue weighted by molar-refractivity contribution is 7.18. The first kappa shape index (κ1) is 21.6. The maximum atomic E-state index is 14.5. The summed E-state index contributed by atoms with van der Waals surface area (Å²) in [5.41, 5.74) is 1.03. The predicted molar refractivity (Wildman–Crippen MR) is 108 cm³/mol. The van der Waals surface area contributed by atoms with Gasteiger partial charge in [-0.15, -0.1) is 11.3 Å². The fraction of sp³-hybridized carbons (Fsp3) is 0.348. The van der Waals surface area contributed by atoms with Gasteiger partial charge in [0.25, 0.3) is 0 Å². The Hall–Kier alpha value is -2.66. The second-order valence-corrected chi connectivity index (χ2v) is 8.78. The van der Waals surface area contributed by atoms with Gasteiger partial charge in [-0.25, -0.2) is 18.2 Å². The van der Waals surface area contributed by atoms with Crippen LogP contribution in [-0.4, -0.2) is 4.98 Å². The molecule has 0 unspecified atom stereocenters. The predicted octanol–water partition coefficient (Wildman–Crippen LogP) is 7.02. The second-order valence-electron chi connectivity index (χ2n) is 7.75. The van der Waals surface area contributed by atoms with Crippen LogP contribution in [0, 0.1) is 41.1 Å². The lowest BCUT2D eigenvalue weighted by atomic mass is 9.83. The minimum atomic E-state index is -3.95. The van der Waals surface area contributed by atoms with E-state index in [1.54, 1.807) is 18.2 Å². The topological polar surface area (TPSA) is 22.1 Å². The van der Waals surface area contributed by atoms with Gasteiger partial charge >= 0.3 is 6.11 Å². The van der Waals surface area contributed by atoms with Crippen LogP contribution in [0.25, 0.3) is 10.2 Å². The summed E-state index contributed by atoms with van der Waals surface area (Å²) in [7, 11) is 0. The van der Waals surface area contributed by atoms with Crippen molar-refractivity contribution in [2.75, 3.05) is 0 Å². The smallest absolute Gasteiger partial charge is 0.427 e. The standard InChI is InChI=1S/C23H18F5NOS/c1-13-2-4-14(5-3-13)6-7-15-8-9-19-20(10-15)31-22(29-19)23(27,28)30-16-11-17(24)21(26)18(25)12-16/h8-14H,2-5H2,1H3. The molecule has 0 spiro atoms. The molecule has 1 saturated carbocycles. The molecule has 0 atom stereocenters. The number of benzene rings is 2. The Morgan fingerprint density at radius 3 is 2.39 bits per heavy atom. The first-order valence-corrected chi connectivity index (χ1v) is 10.7. The molecule has 0 radical (unpaired) electrons. The lowest BCUT2D eigenvalue weighted by Gasteiger charge is -2.21. The van der Waals surface area contributed by atoms with Gasteiger partial charge in [-0.05, 0) is 49.8 Å². The van der Waals surface area contributed by atoms with Crippen LogP contribution in [0.15, 0.2) is 30.3 Å². The molecule has 0 aliphatic heterocycles. The average molecular weight is 451 g/mol. The summed E-state index contributed by atoms with van der Waals surface area (Å²) in [5.74, 6) is 1.63. The first-order valence-electron chi connectivity index (χ1n) is 9.85. The highest BCUT2D eigenvalue weighted by atomic mass is 32.1. The zero-order valence-corrected chi connectivity index (χ0v) is 17.3. The number of alkyl halides is 2. The van der Waals surface area contributed by atoms with Gasteiger partial charge in [0, 0.05) is 23.6 Å². The van der Waals surface area contributed by atoms with E-state index in [0.29, 0.717) is 45.2 Å². The maximum absolute atomic E-state index is 14.5. The van der Waals surface area contributed by atoms with Crippen LogP contribution in [-0.2, 0) is 6.11 Å². The minimum Gasteiger partial charge on any atom is -0.427 e. The van der Waals surface area contributed by atoms with Crippen LogP contribution in [0.3, 0.4) is 0 Å². The lowest BCUT2D eigenvalue weighted by Crippen LogP contribution is -2.21. The van der Waals surface area contributed by atoms with Gasteiger partial charge in [0.15, 0.2) is 17.5 Å². The molecule has 1 heterocycles. The molecule has 1 aromatic heterocycles. The molecule has 2 nitrogen and oxygen atoms in total. The van der Waals surface area contributed by atoms with E-state index in [9.17, 15) is 22.0 Å². The van der Waals surface area contributed by atoms with Crippen LogP contribution < -0.4 is 4.74 Å². The number of halogens is 5. The zero-order valence-electron chi connectivity index (χ0n) is 16.5. The maximum Gasteiger partial charge on any atom is 0.454 e. The zero-order chi connectivity index (χ0) is 22.2. The summed E-state index contributed by atoms with van der Waals surface area (Å²) < 4.78 is 73.6. The Labute approximate surface area is 180 Å². The van der Waals surface area contributed by atoms with Crippen molar-refractivity contribution in [2.45, 2.75) is 38.7 Å². The van der Waals surface area contributed by atoms with Crippen LogP contribution in [0.1, 0.15) is 43.2 Å². The van der Waals surface area contributed by atoms with E-state index < -0.39 is 34.3 Å². The SMILES string of the molecule is CC1CCC(C#Cc2ccc3nc(C(F)(F)Oc4cc(F)c(F)c(F)c4)sc3c2)CC1. The quantitative estimate of drug-likeness (QED) is 0.243. The number of thiazole rings is 1. The Morgan fingerprint density at radius 2 is 1.71 bits per heavy atom. The molecule has 0 bridgehead atoms. The van der Waals surface area contributed by atoms with Gasteiger partial charge < -0.3 is 4.74 Å². The van der Waals surface area contributed by atoms with E-state index in [4.69, 9.17) is 0 Å². The molecule has 2 aromatic carbocycles. The van der Waals surface area contributed by atoms with Gasteiger partial charge in [-0.2, -0.15) is 8.78 Å². The Morgan fingerprint density at radius 1 is 1.03 bits per heavy atom. The molecule has 0 saturated heterocycles. The van der Waals surface area contributed by atoms with Gasteiger partial charge in [-0.1, -0.05) is 18.8 Å². The molecular weight excluding hydrogens is 433 g/mol. The molecule has 8 heteroatoms. The summed E-state index contributed by atoms with van der Waals surface area (Å²) in [6.07, 6.45) is 0.497. The third-order valence-corrected chi connectivity index (χ3v) is 6.35. The average Bonchev–Trinajstić information content (AvgIpc) is 3.16. The molecule has 0 amide bonds. The highest BCUT2D eigenvalue weighted by Crippen LogP contribution is 2.37. The summed E-state index contributed by atoms with van der Waals surface area (Å²) in [5, 5.41) is -0.681. The number of ether oxygens (including phenoxy) is 1. The summed E-state index contributed by atoms with van der Waals surface area (Å²) in [4.78, 5) is 3.88. The Balaban J connectivity index is 1.55. The third kappa shape index (κ3) is 4.82. The number of hydrogen-bond donors (Lipinski definition) is 0. The molecule has 4 rings (SSSR count).